The molecule has 3 rings (SSSR count). The summed E-state index contributed by atoms with van der Waals surface area (Å²) >= 11 is 0. The molecule has 0 radical (unpaired) electrons. The predicted octanol–water partition coefficient (Wildman–Crippen LogP) is 3.67. The Kier molecular flexibility index (Phi) is 6.73. The van der Waals surface area contributed by atoms with Crippen LogP contribution in [0.1, 0.15) is 21.6 Å². The first-order valence-corrected chi connectivity index (χ1v) is 9.06. The molecule has 0 spiro atoms. The van der Waals surface area contributed by atoms with Crippen molar-refractivity contribution in [3.8, 4) is 5.75 Å². The minimum atomic E-state index is -0.328. The second-order valence-corrected chi connectivity index (χ2v) is 6.15. The quantitative estimate of drug-likeness (QED) is 0.606. The summed E-state index contributed by atoms with van der Waals surface area (Å²) in [6.07, 6.45) is 4.79. The normalized spacial score (nSPS) is 10.5. The number of amides is 2. The molecule has 0 aliphatic heterocycles. The molecule has 1 heterocycles. The van der Waals surface area contributed by atoms with Gasteiger partial charge in [0.1, 0.15) is 5.75 Å². The van der Waals surface area contributed by atoms with Crippen LogP contribution in [-0.4, -0.2) is 23.9 Å². The number of pyridine rings is 1. The van der Waals surface area contributed by atoms with Gasteiger partial charge >= 0.3 is 0 Å². The maximum absolute atomic E-state index is 12.5. The van der Waals surface area contributed by atoms with Crippen LogP contribution >= 0.6 is 0 Å². The van der Waals surface area contributed by atoms with Gasteiger partial charge in [0.25, 0.3) is 5.91 Å². The fraction of sp³-hybridized carbons (Fsp3) is 0.0870. The molecule has 0 saturated heterocycles. The van der Waals surface area contributed by atoms with E-state index in [0.29, 0.717) is 17.8 Å². The van der Waals surface area contributed by atoms with Crippen LogP contribution in [0, 0.1) is 0 Å². The second kappa shape index (κ2) is 9.85. The monoisotopic (exact) mass is 387 g/mol. The van der Waals surface area contributed by atoms with Crippen LogP contribution in [0.4, 0.5) is 5.69 Å². The minimum absolute atomic E-state index is 0.286. The summed E-state index contributed by atoms with van der Waals surface area (Å²) < 4.78 is 5.11. The van der Waals surface area contributed by atoms with Crippen LogP contribution in [0.25, 0.3) is 6.08 Å². The molecular formula is C23H21N3O3. The third-order valence-electron chi connectivity index (χ3n) is 4.13. The maximum Gasteiger partial charge on any atom is 0.253 e. The third kappa shape index (κ3) is 5.77. The fourth-order valence-corrected chi connectivity index (χ4v) is 2.62. The zero-order chi connectivity index (χ0) is 20.5. The Morgan fingerprint density at radius 1 is 1.00 bits per heavy atom. The lowest BCUT2D eigenvalue weighted by molar-refractivity contribution is -0.111. The highest BCUT2D eigenvalue weighted by molar-refractivity contribution is 6.07. The van der Waals surface area contributed by atoms with E-state index in [4.69, 9.17) is 4.74 Å². The number of nitrogens with zero attached hydrogens (tertiary/aromatic N) is 1. The zero-order valence-electron chi connectivity index (χ0n) is 16.0. The highest BCUT2D eigenvalue weighted by Crippen LogP contribution is 2.16. The number of carbonyl (C=O) groups is 2. The van der Waals surface area contributed by atoms with Crippen LogP contribution in [-0.2, 0) is 11.3 Å². The molecule has 2 aromatic carbocycles. The molecule has 6 nitrogen and oxygen atoms in total. The number of aromatic nitrogens is 1. The van der Waals surface area contributed by atoms with E-state index in [1.165, 1.54) is 6.08 Å². The van der Waals surface area contributed by atoms with Crippen molar-refractivity contribution in [1.82, 2.24) is 10.3 Å². The number of benzene rings is 2. The Balaban J connectivity index is 1.63. The van der Waals surface area contributed by atoms with E-state index in [-0.39, 0.29) is 11.8 Å². The number of rotatable bonds is 7. The molecule has 0 bridgehead atoms. The highest BCUT2D eigenvalue weighted by atomic mass is 16.5. The maximum atomic E-state index is 12.5. The molecule has 0 aliphatic rings. The van der Waals surface area contributed by atoms with E-state index in [2.05, 4.69) is 15.6 Å². The third-order valence-corrected chi connectivity index (χ3v) is 4.13. The molecule has 2 amide bonds. The number of methoxy groups -OCH3 is 1. The van der Waals surface area contributed by atoms with Crippen LogP contribution in [0.3, 0.4) is 0 Å². The first-order chi connectivity index (χ1) is 14.2. The van der Waals surface area contributed by atoms with E-state index < -0.39 is 0 Å². The van der Waals surface area contributed by atoms with Gasteiger partial charge in [-0.25, -0.2) is 0 Å². The topological polar surface area (TPSA) is 80.3 Å². The lowest BCUT2D eigenvalue weighted by atomic mass is 10.1. The van der Waals surface area contributed by atoms with Gasteiger partial charge in [0, 0.05) is 12.3 Å². The summed E-state index contributed by atoms with van der Waals surface area (Å²) in [6.45, 7) is 0.305. The van der Waals surface area contributed by atoms with Gasteiger partial charge < -0.3 is 15.4 Å². The van der Waals surface area contributed by atoms with Gasteiger partial charge in [-0.15, -0.1) is 0 Å². The summed E-state index contributed by atoms with van der Waals surface area (Å²) in [4.78, 5) is 29.0. The molecule has 6 heteroatoms. The van der Waals surface area contributed by atoms with Crippen molar-refractivity contribution in [3.05, 3.63) is 95.8 Å². The van der Waals surface area contributed by atoms with Crippen molar-refractivity contribution in [2.45, 2.75) is 6.54 Å². The van der Waals surface area contributed by atoms with E-state index in [0.717, 1.165) is 17.0 Å². The van der Waals surface area contributed by atoms with Crippen molar-refractivity contribution in [2.24, 2.45) is 0 Å². The van der Waals surface area contributed by atoms with Gasteiger partial charge in [-0.1, -0.05) is 30.3 Å². The fourth-order valence-electron chi connectivity index (χ4n) is 2.62. The largest absolute Gasteiger partial charge is 0.497 e. The summed E-state index contributed by atoms with van der Waals surface area (Å²) in [7, 11) is 1.60. The van der Waals surface area contributed by atoms with Crippen molar-refractivity contribution >= 4 is 23.6 Å². The van der Waals surface area contributed by atoms with Gasteiger partial charge in [-0.05, 0) is 48.0 Å². The highest BCUT2D eigenvalue weighted by Gasteiger charge is 2.12. The second-order valence-electron chi connectivity index (χ2n) is 6.15. The number of ether oxygens (including phenoxy) is 1. The molecule has 0 unspecified atom stereocenters. The number of hydrogen-bond donors (Lipinski definition) is 2. The van der Waals surface area contributed by atoms with E-state index >= 15 is 0 Å². The first-order valence-electron chi connectivity index (χ1n) is 9.06. The first kappa shape index (κ1) is 19.8. The summed E-state index contributed by atoms with van der Waals surface area (Å²) in [5.41, 5.74) is 2.44. The Morgan fingerprint density at radius 3 is 2.48 bits per heavy atom. The van der Waals surface area contributed by atoms with Crippen LogP contribution in [0.2, 0.25) is 0 Å². The van der Waals surface area contributed by atoms with E-state index in [1.54, 1.807) is 43.6 Å². The Labute approximate surface area is 169 Å². The Bertz CT molecular complexity index is 999. The van der Waals surface area contributed by atoms with Gasteiger partial charge in [0.05, 0.1) is 30.6 Å². The van der Waals surface area contributed by atoms with Gasteiger partial charge in [0.2, 0.25) is 5.91 Å². The number of anilines is 1. The summed E-state index contributed by atoms with van der Waals surface area (Å²) in [5, 5.41) is 5.57. The SMILES string of the molecule is COc1ccc(C=CC(=O)Nc2ccccc2C(=O)NCc2ccccn2)cc1. The lowest BCUT2D eigenvalue weighted by Crippen LogP contribution is -2.25. The number of nitrogens with one attached hydrogen (secondary N) is 2. The average molecular weight is 387 g/mol. The van der Waals surface area contributed by atoms with Crippen LogP contribution in [0.5, 0.6) is 5.75 Å². The molecule has 146 valence electrons. The predicted molar refractivity (Wildman–Crippen MR) is 113 cm³/mol. The summed E-state index contributed by atoms with van der Waals surface area (Å²) in [5.74, 6) is 0.133. The Morgan fingerprint density at radius 2 is 1.76 bits per heavy atom. The standard InChI is InChI=1S/C23H21N3O3/c1-29-19-12-9-17(10-13-19)11-14-22(27)26-21-8-3-2-7-20(21)23(28)25-16-18-6-4-5-15-24-18/h2-15H,16H2,1H3,(H,25,28)(H,26,27). The average Bonchev–Trinajstić information content (AvgIpc) is 2.77. The molecule has 1 aromatic heterocycles. The smallest absolute Gasteiger partial charge is 0.253 e. The number of para-hydroxylation sites is 1. The van der Waals surface area contributed by atoms with Crippen molar-refractivity contribution in [3.63, 3.8) is 0 Å². The zero-order valence-corrected chi connectivity index (χ0v) is 16.0. The molecule has 2 N–H and O–H groups in total. The number of carbonyl (C=O) groups excluding carboxylic acids is 2. The molecule has 0 fully saturated rings. The molecule has 0 atom stereocenters. The molecule has 0 saturated carbocycles. The van der Waals surface area contributed by atoms with Crippen LogP contribution in [0.15, 0.2) is 79.0 Å². The Hall–Kier alpha value is -3.93. The molecule has 0 aliphatic carbocycles. The van der Waals surface area contributed by atoms with Gasteiger partial charge in [0.15, 0.2) is 0 Å². The molecular weight excluding hydrogens is 366 g/mol. The van der Waals surface area contributed by atoms with Crippen molar-refractivity contribution in [1.29, 1.82) is 0 Å². The minimum Gasteiger partial charge on any atom is -0.497 e. The molecule has 3 aromatic rings. The van der Waals surface area contributed by atoms with Gasteiger partial charge in [-0.3, -0.25) is 14.6 Å². The van der Waals surface area contributed by atoms with Crippen molar-refractivity contribution in [2.75, 3.05) is 12.4 Å². The van der Waals surface area contributed by atoms with Gasteiger partial charge in [-0.2, -0.15) is 0 Å². The number of hydrogen-bond acceptors (Lipinski definition) is 4. The van der Waals surface area contributed by atoms with Crippen LogP contribution < -0.4 is 15.4 Å². The summed E-state index contributed by atoms with van der Waals surface area (Å²) in [6, 6.07) is 19.7. The van der Waals surface area contributed by atoms with Crippen molar-refractivity contribution < 1.29 is 14.3 Å². The lowest BCUT2D eigenvalue weighted by Gasteiger charge is -2.10. The molecule has 29 heavy (non-hydrogen) atoms. The van der Waals surface area contributed by atoms with E-state index in [1.807, 2.05) is 42.5 Å². The van der Waals surface area contributed by atoms with E-state index in [9.17, 15) is 9.59 Å².